The van der Waals surface area contributed by atoms with Crippen molar-refractivity contribution in [2.24, 2.45) is 0 Å². The predicted octanol–water partition coefficient (Wildman–Crippen LogP) is 1.26. The second-order valence-corrected chi connectivity index (χ2v) is 5.48. The molecule has 0 radical (unpaired) electrons. The highest BCUT2D eigenvalue weighted by Crippen LogP contribution is 2.29. The molecular weight excluding hydrogens is 272 g/mol. The van der Waals surface area contributed by atoms with Crippen molar-refractivity contribution in [2.75, 3.05) is 11.9 Å². The molecule has 1 aliphatic heterocycles. The Morgan fingerprint density at radius 3 is 2.71 bits per heavy atom. The van der Waals surface area contributed by atoms with Crippen LogP contribution in [0.15, 0.2) is 18.2 Å². The molecule has 6 nitrogen and oxygen atoms in total. The third-order valence-electron chi connectivity index (χ3n) is 3.80. The number of rotatable bonds is 4. The maximum atomic E-state index is 12.5. The zero-order valence-corrected chi connectivity index (χ0v) is 11.5. The summed E-state index contributed by atoms with van der Waals surface area (Å²) in [5, 5.41) is 11.7. The number of aliphatic carboxylic acids is 1. The van der Waals surface area contributed by atoms with E-state index in [0.29, 0.717) is 18.4 Å². The lowest BCUT2D eigenvalue weighted by molar-refractivity contribution is -0.137. The Hall–Kier alpha value is -2.37. The number of carbonyl (C=O) groups is 3. The van der Waals surface area contributed by atoms with Crippen molar-refractivity contribution < 1.29 is 19.5 Å². The van der Waals surface area contributed by atoms with Crippen LogP contribution in [0.5, 0.6) is 0 Å². The molecule has 2 N–H and O–H groups in total. The summed E-state index contributed by atoms with van der Waals surface area (Å²) < 4.78 is 0. The van der Waals surface area contributed by atoms with Crippen LogP contribution in [-0.4, -0.2) is 40.4 Å². The van der Waals surface area contributed by atoms with Crippen LogP contribution in [0.3, 0.4) is 0 Å². The van der Waals surface area contributed by atoms with Crippen LogP contribution in [0.2, 0.25) is 0 Å². The van der Waals surface area contributed by atoms with Gasteiger partial charge in [-0.05, 0) is 43.0 Å². The predicted molar refractivity (Wildman–Crippen MR) is 75.1 cm³/mol. The lowest BCUT2D eigenvalue weighted by Crippen LogP contribution is -2.37. The summed E-state index contributed by atoms with van der Waals surface area (Å²) in [7, 11) is 0. The number of hydrogen-bond acceptors (Lipinski definition) is 3. The zero-order chi connectivity index (χ0) is 15.0. The second kappa shape index (κ2) is 5.20. The Morgan fingerprint density at radius 1 is 1.29 bits per heavy atom. The highest BCUT2D eigenvalue weighted by Gasteiger charge is 2.34. The maximum absolute atomic E-state index is 12.5. The van der Waals surface area contributed by atoms with Crippen molar-refractivity contribution in [3.63, 3.8) is 0 Å². The fourth-order valence-electron chi connectivity index (χ4n) is 2.58. The van der Waals surface area contributed by atoms with Gasteiger partial charge in [0.2, 0.25) is 5.91 Å². The second-order valence-electron chi connectivity index (χ2n) is 5.48. The molecule has 0 aromatic heterocycles. The molecule has 0 saturated heterocycles. The van der Waals surface area contributed by atoms with Gasteiger partial charge in [-0.2, -0.15) is 0 Å². The van der Waals surface area contributed by atoms with Gasteiger partial charge in [-0.25, -0.2) is 0 Å². The molecule has 2 aliphatic rings. The smallest absolute Gasteiger partial charge is 0.323 e. The molecule has 0 unspecified atom stereocenters. The molecule has 110 valence electrons. The summed E-state index contributed by atoms with van der Waals surface area (Å²) in [5.41, 5.74) is 2.14. The van der Waals surface area contributed by atoms with Crippen molar-refractivity contribution >= 4 is 23.5 Å². The van der Waals surface area contributed by atoms with Crippen molar-refractivity contribution in [1.82, 2.24) is 4.90 Å². The van der Waals surface area contributed by atoms with Gasteiger partial charge in [0.1, 0.15) is 6.54 Å². The molecule has 0 bridgehead atoms. The fraction of sp³-hybridized carbons (Fsp3) is 0.400. The van der Waals surface area contributed by atoms with Crippen molar-refractivity contribution in [3.8, 4) is 0 Å². The van der Waals surface area contributed by atoms with E-state index in [4.69, 9.17) is 5.11 Å². The Kier molecular flexibility index (Phi) is 3.37. The number of nitrogens with zero attached hydrogens (tertiary/aromatic N) is 1. The van der Waals surface area contributed by atoms with Gasteiger partial charge >= 0.3 is 5.97 Å². The van der Waals surface area contributed by atoms with Crippen molar-refractivity contribution in [2.45, 2.75) is 31.7 Å². The van der Waals surface area contributed by atoms with Gasteiger partial charge in [0.15, 0.2) is 0 Å². The van der Waals surface area contributed by atoms with E-state index in [1.54, 1.807) is 18.2 Å². The number of hydrogen-bond donors (Lipinski definition) is 2. The summed E-state index contributed by atoms with van der Waals surface area (Å²) >= 11 is 0. The number of amides is 2. The first-order valence-electron chi connectivity index (χ1n) is 7.00. The van der Waals surface area contributed by atoms with E-state index in [2.05, 4.69) is 5.32 Å². The molecule has 1 saturated carbocycles. The summed E-state index contributed by atoms with van der Waals surface area (Å²) in [4.78, 5) is 36.1. The number of aryl methyl sites for hydroxylation is 1. The molecule has 2 amide bonds. The summed E-state index contributed by atoms with van der Waals surface area (Å²) in [6.07, 6.45) is 2.73. The Bertz CT molecular complexity index is 622. The number of anilines is 1. The third-order valence-corrected chi connectivity index (χ3v) is 3.80. The molecule has 1 aromatic rings. The van der Waals surface area contributed by atoms with Crippen LogP contribution in [0, 0.1) is 0 Å². The average Bonchev–Trinajstić information content (AvgIpc) is 3.27. The zero-order valence-electron chi connectivity index (χ0n) is 11.5. The van der Waals surface area contributed by atoms with Crippen LogP contribution in [-0.2, 0) is 16.0 Å². The van der Waals surface area contributed by atoms with Gasteiger partial charge in [-0.15, -0.1) is 0 Å². The normalized spacial score (nSPS) is 16.9. The van der Waals surface area contributed by atoms with Crippen LogP contribution >= 0.6 is 0 Å². The van der Waals surface area contributed by atoms with Gasteiger partial charge in [-0.3, -0.25) is 14.4 Å². The number of benzene rings is 1. The monoisotopic (exact) mass is 288 g/mol. The highest BCUT2D eigenvalue weighted by atomic mass is 16.4. The van der Waals surface area contributed by atoms with Crippen molar-refractivity contribution in [1.29, 1.82) is 0 Å². The Balaban J connectivity index is 1.83. The minimum Gasteiger partial charge on any atom is -0.480 e. The number of carbonyl (C=O) groups excluding carboxylic acids is 2. The minimum absolute atomic E-state index is 0.0212. The van der Waals surface area contributed by atoms with Gasteiger partial charge in [-0.1, -0.05) is 0 Å². The molecule has 0 atom stereocenters. The van der Waals surface area contributed by atoms with E-state index in [9.17, 15) is 14.4 Å². The lowest BCUT2D eigenvalue weighted by atomic mass is 10.00. The van der Waals surface area contributed by atoms with Crippen LogP contribution in [0.1, 0.15) is 35.2 Å². The van der Waals surface area contributed by atoms with E-state index in [1.165, 1.54) is 4.90 Å². The number of carboxylic acid groups (broad SMARTS) is 1. The molecule has 1 heterocycles. The van der Waals surface area contributed by atoms with Crippen molar-refractivity contribution in [3.05, 3.63) is 29.3 Å². The maximum Gasteiger partial charge on any atom is 0.323 e. The van der Waals surface area contributed by atoms with E-state index in [-0.39, 0.29) is 24.4 Å². The first-order valence-corrected chi connectivity index (χ1v) is 7.00. The molecule has 1 aromatic carbocycles. The number of carboxylic acids is 1. The topological polar surface area (TPSA) is 86.7 Å². The van der Waals surface area contributed by atoms with E-state index in [0.717, 1.165) is 24.1 Å². The van der Waals surface area contributed by atoms with E-state index >= 15 is 0 Å². The summed E-state index contributed by atoms with van der Waals surface area (Å²) in [5.74, 6) is -1.27. The quantitative estimate of drug-likeness (QED) is 0.873. The lowest BCUT2D eigenvalue weighted by Gasteiger charge is -2.22. The number of fused-ring (bicyclic) bond motifs is 1. The molecule has 6 heteroatoms. The van der Waals surface area contributed by atoms with Gasteiger partial charge in [0.05, 0.1) is 0 Å². The van der Waals surface area contributed by atoms with Gasteiger partial charge in [0, 0.05) is 23.7 Å². The minimum atomic E-state index is -1.000. The summed E-state index contributed by atoms with van der Waals surface area (Å²) in [6.45, 7) is -0.267. The van der Waals surface area contributed by atoms with E-state index in [1.807, 2.05) is 0 Å². The SMILES string of the molecule is O=C(O)CN(C(=O)c1ccc2c(c1)CCC(=O)N2)C1CC1. The molecule has 1 fully saturated rings. The van der Waals surface area contributed by atoms with E-state index < -0.39 is 5.97 Å². The standard InChI is InChI=1S/C15H16N2O4/c18-13-6-2-9-7-10(1-5-12(9)16-13)15(21)17(8-14(19)20)11-3-4-11/h1,5,7,11H,2-4,6,8H2,(H,16,18)(H,19,20). The Labute approximate surface area is 121 Å². The van der Waals surface area contributed by atoms with Crippen LogP contribution < -0.4 is 5.32 Å². The molecule has 21 heavy (non-hydrogen) atoms. The Morgan fingerprint density at radius 2 is 2.05 bits per heavy atom. The summed E-state index contributed by atoms with van der Waals surface area (Å²) in [6, 6.07) is 5.16. The largest absolute Gasteiger partial charge is 0.480 e. The average molecular weight is 288 g/mol. The molecule has 0 spiro atoms. The first-order chi connectivity index (χ1) is 10.0. The van der Waals surface area contributed by atoms with Gasteiger partial charge < -0.3 is 15.3 Å². The van der Waals surface area contributed by atoms with Crippen LogP contribution in [0.25, 0.3) is 0 Å². The third kappa shape index (κ3) is 2.89. The molecular formula is C15H16N2O4. The van der Waals surface area contributed by atoms with Crippen LogP contribution in [0.4, 0.5) is 5.69 Å². The highest BCUT2D eigenvalue weighted by molar-refractivity contribution is 5.99. The number of nitrogens with one attached hydrogen (secondary N) is 1. The fourth-order valence-corrected chi connectivity index (χ4v) is 2.58. The first kappa shape index (κ1) is 13.6. The molecule has 1 aliphatic carbocycles. The molecule has 3 rings (SSSR count). The van der Waals surface area contributed by atoms with Gasteiger partial charge in [0.25, 0.3) is 5.91 Å².